The minimum Gasteiger partial charge on any atom is -0.340 e. The first-order valence-corrected chi connectivity index (χ1v) is 6.33. The predicted molar refractivity (Wildman–Crippen MR) is 77.5 cm³/mol. The Morgan fingerprint density at radius 1 is 1.10 bits per heavy atom. The van der Waals surface area contributed by atoms with Gasteiger partial charge in [-0.2, -0.15) is 4.98 Å². The Hall–Kier alpha value is -2.63. The van der Waals surface area contributed by atoms with E-state index in [2.05, 4.69) is 26.6 Å². The molecule has 0 bridgehead atoms. The molecule has 0 spiro atoms. The number of aryl methyl sites for hydroxylation is 3. The zero-order chi connectivity index (χ0) is 14.3. The number of aromatic amines is 1. The predicted octanol–water partition coefficient (Wildman–Crippen LogP) is 2.09. The summed E-state index contributed by atoms with van der Waals surface area (Å²) >= 11 is 0. The number of hydrogen-bond acceptors (Lipinski definition) is 4. The first-order chi connectivity index (χ1) is 9.52. The molecule has 2 heterocycles. The first kappa shape index (κ1) is 12.4. The van der Waals surface area contributed by atoms with E-state index in [0.717, 1.165) is 11.4 Å². The maximum Gasteiger partial charge on any atom is 0.349 e. The van der Waals surface area contributed by atoms with Crippen LogP contribution in [0.3, 0.4) is 0 Å². The minimum atomic E-state index is -0.275. The Morgan fingerprint density at radius 3 is 2.50 bits per heavy atom. The monoisotopic (exact) mass is 269 g/mol. The van der Waals surface area contributed by atoms with Crippen LogP contribution in [0.15, 0.2) is 29.1 Å². The van der Waals surface area contributed by atoms with E-state index in [1.54, 1.807) is 0 Å². The van der Waals surface area contributed by atoms with Gasteiger partial charge in [-0.15, -0.1) is 5.10 Å². The highest BCUT2D eigenvalue weighted by Crippen LogP contribution is 2.19. The molecule has 0 fully saturated rings. The SMILES string of the molecule is Cc1cc(C)cc(Nc2cc(C)n3c(=O)[nH]nc3n2)c1. The van der Waals surface area contributed by atoms with E-state index in [9.17, 15) is 4.79 Å². The number of nitrogens with zero attached hydrogens (tertiary/aromatic N) is 3. The number of fused-ring (bicyclic) bond motifs is 1. The number of hydrogen-bond donors (Lipinski definition) is 2. The summed E-state index contributed by atoms with van der Waals surface area (Å²) in [7, 11) is 0. The van der Waals surface area contributed by atoms with E-state index in [1.807, 2.05) is 39.0 Å². The van der Waals surface area contributed by atoms with Crippen LogP contribution in [-0.4, -0.2) is 19.6 Å². The molecule has 20 heavy (non-hydrogen) atoms. The standard InChI is InChI=1S/C14H15N5O/c1-8-4-9(2)6-11(5-8)15-12-7-10(3)19-13(16-12)17-18-14(19)20/h4-7H,1-3H3,(H,18,20)(H,15,16,17). The molecule has 0 saturated heterocycles. The zero-order valence-electron chi connectivity index (χ0n) is 11.6. The summed E-state index contributed by atoms with van der Waals surface area (Å²) in [6.45, 7) is 5.94. The Balaban J connectivity index is 2.04. The van der Waals surface area contributed by atoms with Gasteiger partial charge in [-0.25, -0.2) is 14.3 Å². The summed E-state index contributed by atoms with van der Waals surface area (Å²) in [6, 6.07) is 8.03. The molecule has 102 valence electrons. The van der Waals surface area contributed by atoms with E-state index in [-0.39, 0.29) is 5.69 Å². The fourth-order valence-electron chi connectivity index (χ4n) is 2.34. The van der Waals surface area contributed by atoms with Crippen molar-refractivity contribution in [2.24, 2.45) is 0 Å². The topological polar surface area (TPSA) is 75.1 Å². The van der Waals surface area contributed by atoms with Crippen LogP contribution in [0.4, 0.5) is 11.5 Å². The lowest BCUT2D eigenvalue weighted by atomic mass is 10.1. The van der Waals surface area contributed by atoms with Gasteiger partial charge in [0, 0.05) is 17.4 Å². The van der Waals surface area contributed by atoms with Crippen molar-refractivity contribution in [2.75, 3.05) is 5.32 Å². The minimum absolute atomic E-state index is 0.275. The molecule has 0 radical (unpaired) electrons. The van der Waals surface area contributed by atoms with Crippen LogP contribution in [-0.2, 0) is 0 Å². The van der Waals surface area contributed by atoms with E-state index in [1.165, 1.54) is 15.5 Å². The molecule has 0 aliphatic heterocycles. The molecule has 0 amide bonds. The summed E-state index contributed by atoms with van der Waals surface area (Å²) in [5, 5.41) is 9.53. The number of nitrogens with one attached hydrogen (secondary N) is 2. The number of rotatable bonds is 2. The summed E-state index contributed by atoms with van der Waals surface area (Å²) < 4.78 is 1.44. The van der Waals surface area contributed by atoms with Crippen LogP contribution in [0.5, 0.6) is 0 Å². The van der Waals surface area contributed by atoms with Crippen LogP contribution >= 0.6 is 0 Å². The molecule has 2 N–H and O–H groups in total. The number of anilines is 2. The highest BCUT2D eigenvalue weighted by Gasteiger charge is 2.07. The molecule has 3 rings (SSSR count). The van der Waals surface area contributed by atoms with Crippen molar-refractivity contribution in [1.29, 1.82) is 0 Å². The summed E-state index contributed by atoms with van der Waals surface area (Å²) in [6.07, 6.45) is 0. The van der Waals surface area contributed by atoms with Gasteiger partial charge < -0.3 is 5.32 Å². The van der Waals surface area contributed by atoms with Gasteiger partial charge in [0.1, 0.15) is 5.82 Å². The number of H-pyrrole nitrogens is 1. The van der Waals surface area contributed by atoms with Gasteiger partial charge in [0.15, 0.2) is 0 Å². The zero-order valence-corrected chi connectivity index (χ0v) is 11.6. The highest BCUT2D eigenvalue weighted by atomic mass is 16.1. The van der Waals surface area contributed by atoms with E-state index in [4.69, 9.17) is 0 Å². The fraction of sp³-hybridized carbons (Fsp3) is 0.214. The second-order valence-electron chi connectivity index (χ2n) is 4.95. The second kappa shape index (κ2) is 4.48. The van der Waals surface area contributed by atoms with Crippen LogP contribution in [0.25, 0.3) is 5.78 Å². The van der Waals surface area contributed by atoms with E-state index in [0.29, 0.717) is 11.6 Å². The van der Waals surface area contributed by atoms with Crippen molar-refractivity contribution < 1.29 is 0 Å². The van der Waals surface area contributed by atoms with Crippen LogP contribution < -0.4 is 11.0 Å². The molecule has 0 aliphatic carbocycles. The Labute approximate surface area is 115 Å². The van der Waals surface area contributed by atoms with Crippen molar-refractivity contribution in [1.82, 2.24) is 19.6 Å². The Bertz CT molecular complexity index is 826. The third kappa shape index (κ3) is 2.16. The second-order valence-corrected chi connectivity index (χ2v) is 4.95. The van der Waals surface area contributed by atoms with Gasteiger partial charge in [0.2, 0.25) is 0 Å². The third-order valence-corrected chi connectivity index (χ3v) is 3.07. The van der Waals surface area contributed by atoms with Crippen LogP contribution in [0.2, 0.25) is 0 Å². The van der Waals surface area contributed by atoms with Crippen molar-refractivity contribution in [3.63, 3.8) is 0 Å². The molecule has 0 aliphatic rings. The Kier molecular flexibility index (Phi) is 2.78. The molecule has 0 saturated carbocycles. The average molecular weight is 269 g/mol. The third-order valence-electron chi connectivity index (χ3n) is 3.07. The van der Waals surface area contributed by atoms with E-state index < -0.39 is 0 Å². The lowest BCUT2D eigenvalue weighted by Gasteiger charge is -2.09. The highest BCUT2D eigenvalue weighted by molar-refractivity contribution is 5.59. The van der Waals surface area contributed by atoms with Gasteiger partial charge in [0.25, 0.3) is 5.78 Å². The summed E-state index contributed by atoms with van der Waals surface area (Å²) in [5.74, 6) is 1.03. The molecule has 6 nitrogen and oxygen atoms in total. The molecular weight excluding hydrogens is 254 g/mol. The molecular formula is C14H15N5O. The first-order valence-electron chi connectivity index (χ1n) is 6.33. The van der Waals surface area contributed by atoms with Gasteiger partial charge >= 0.3 is 5.69 Å². The summed E-state index contributed by atoms with van der Waals surface area (Å²) in [4.78, 5) is 15.9. The number of aromatic nitrogens is 4. The maximum atomic E-state index is 11.5. The lowest BCUT2D eigenvalue weighted by molar-refractivity contribution is 0.982. The van der Waals surface area contributed by atoms with Gasteiger partial charge in [-0.05, 0) is 44.0 Å². The van der Waals surface area contributed by atoms with Gasteiger partial charge in [-0.1, -0.05) is 6.07 Å². The maximum absolute atomic E-state index is 11.5. The molecule has 6 heteroatoms. The van der Waals surface area contributed by atoms with E-state index >= 15 is 0 Å². The average Bonchev–Trinajstić information content (AvgIpc) is 2.69. The molecule has 0 atom stereocenters. The van der Waals surface area contributed by atoms with Crippen LogP contribution in [0, 0.1) is 20.8 Å². The smallest absolute Gasteiger partial charge is 0.340 e. The van der Waals surface area contributed by atoms with Crippen molar-refractivity contribution in [3.05, 3.63) is 51.6 Å². The largest absolute Gasteiger partial charge is 0.349 e. The molecule has 1 aromatic carbocycles. The van der Waals surface area contributed by atoms with Crippen LogP contribution in [0.1, 0.15) is 16.8 Å². The fourth-order valence-corrected chi connectivity index (χ4v) is 2.34. The lowest BCUT2D eigenvalue weighted by Crippen LogP contribution is -2.12. The normalized spacial score (nSPS) is 10.9. The molecule has 3 aromatic rings. The van der Waals surface area contributed by atoms with Crippen molar-refractivity contribution >= 4 is 17.3 Å². The number of benzene rings is 1. The van der Waals surface area contributed by atoms with Gasteiger partial charge in [-0.3, -0.25) is 0 Å². The molecule has 0 unspecified atom stereocenters. The quantitative estimate of drug-likeness (QED) is 0.747. The molecule has 2 aromatic heterocycles. The van der Waals surface area contributed by atoms with Gasteiger partial charge in [0.05, 0.1) is 0 Å². The summed E-state index contributed by atoms with van der Waals surface area (Å²) in [5.41, 5.74) is 3.84. The van der Waals surface area contributed by atoms with Crippen molar-refractivity contribution in [3.8, 4) is 0 Å². The van der Waals surface area contributed by atoms with Crippen molar-refractivity contribution in [2.45, 2.75) is 20.8 Å². The Morgan fingerprint density at radius 2 is 1.80 bits per heavy atom.